The predicted molar refractivity (Wildman–Crippen MR) is 110 cm³/mol. The molecule has 1 saturated heterocycles. The summed E-state index contributed by atoms with van der Waals surface area (Å²) in [5, 5.41) is 0.497. The van der Waals surface area contributed by atoms with Gasteiger partial charge in [-0.05, 0) is 49.2 Å². The molecule has 0 radical (unpaired) electrons. The van der Waals surface area contributed by atoms with E-state index in [1.807, 2.05) is 0 Å². The van der Waals surface area contributed by atoms with E-state index in [0.717, 1.165) is 19.3 Å². The highest BCUT2D eigenvalue weighted by Gasteiger charge is 2.26. The average molecular weight is 456 g/mol. The molecule has 1 fully saturated rings. The third kappa shape index (κ3) is 5.08. The van der Waals surface area contributed by atoms with Crippen LogP contribution in [0.3, 0.4) is 0 Å². The molecule has 29 heavy (non-hydrogen) atoms. The van der Waals surface area contributed by atoms with Gasteiger partial charge in [-0.3, -0.25) is 20.4 Å². The number of hydrogen-bond acceptors (Lipinski definition) is 4. The van der Waals surface area contributed by atoms with Crippen molar-refractivity contribution in [3.8, 4) is 0 Å². The molecule has 154 valence electrons. The first kappa shape index (κ1) is 21.6. The quantitative estimate of drug-likeness (QED) is 0.691. The number of nitrogens with zero attached hydrogens (tertiary/aromatic N) is 1. The van der Waals surface area contributed by atoms with Crippen LogP contribution in [0.25, 0.3) is 0 Å². The molecule has 0 aliphatic carbocycles. The van der Waals surface area contributed by atoms with Crippen LogP contribution in [0, 0.1) is 0 Å². The van der Waals surface area contributed by atoms with E-state index in [1.54, 1.807) is 0 Å². The second kappa shape index (κ2) is 9.13. The summed E-state index contributed by atoms with van der Waals surface area (Å²) in [5.41, 5.74) is 4.69. The molecule has 2 N–H and O–H groups in total. The van der Waals surface area contributed by atoms with Crippen molar-refractivity contribution in [2.45, 2.75) is 24.2 Å². The largest absolute Gasteiger partial charge is 0.271 e. The molecular weight excluding hydrogens is 437 g/mol. The molecule has 0 unspecified atom stereocenters. The van der Waals surface area contributed by atoms with Crippen LogP contribution < -0.4 is 10.9 Å². The summed E-state index contributed by atoms with van der Waals surface area (Å²) in [4.78, 5) is 24.6. The molecule has 7 nitrogen and oxygen atoms in total. The number of halogens is 2. The SMILES string of the molecule is O=C(NNC(=O)c1cc(Cl)ccc1Cl)c1cccc(S(=O)(=O)N2CCCCC2)c1. The average Bonchev–Trinajstić information content (AvgIpc) is 2.74. The molecule has 10 heteroatoms. The zero-order chi connectivity index (χ0) is 21.0. The lowest BCUT2D eigenvalue weighted by molar-refractivity contribution is 0.0846. The van der Waals surface area contributed by atoms with Crippen molar-refractivity contribution in [2.24, 2.45) is 0 Å². The Kier molecular flexibility index (Phi) is 6.79. The fourth-order valence-corrected chi connectivity index (χ4v) is 4.92. The van der Waals surface area contributed by atoms with Gasteiger partial charge in [-0.15, -0.1) is 0 Å². The molecule has 1 aliphatic rings. The molecule has 0 atom stereocenters. The first-order chi connectivity index (χ1) is 13.8. The molecule has 2 aromatic carbocycles. The summed E-state index contributed by atoms with van der Waals surface area (Å²) < 4.78 is 27.0. The Morgan fingerprint density at radius 1 is 0.897 bits per heavy atom. The van der Waals surface area contributed by atoms with Gasteiger partial charge >= 0.3 is 0 Å². The lowest BCUT2D eigenvalue weighted by Crippen LogP contribution is -2.41. The number of carbonyl (C=O) groups excluding carboxylic acids is 2. The smallest absolute Gasteiger partial charge is 0.267 e. The van der Waals surface area contributed by atoms with Crippen molar-refractivity contribution >= 4 is 45.0 Å². The van der Waals surface area contributed by atoms with E-state index in [0.29, 0.717) is 18.1 Å². The van der Waals surface area contributed by atoms with E-state index in [9.17, 15) is 18.0 Å². The molecule has 2 aromatic rings. The van der Waals surface area contributed by atoms with Crippen molar-refractivity contribution in [1.82, 2.24) is 15.2 Å². The van der Waals surface area contributed by atoms with Crippen LogP contribution in [0.2, 0.25) is 10.0 Å². The molecule has 3 rings (SSSR count). The maximum atomic E-state index is 12.8. The van der Waals surface area contributed by atoms with Gasteiger partial charge in [0.25, 0.3) is 11.8 Å². The highest BCUT2D eigenvalue weighted by molar-refractivity contribution is 7.89. The maximum Gasteiger partial charge on any atom is 0.271 e. The number of amides is 2. The topological polar surface area (TPSA) is 95.6 Å². The van der Waals surface area contributed by atoms with E-state index < -0.39 is 21.8 Å². The molecular formula is C19H19Cl2N3O4S. The molecule has 0 bridgehead atoms. The van der Waals surface area contributed by atoms with Gasteiger partial charge in [-0.1, -0.05) is 35.7 Å². The highest BCUT2D eigenvalue weighted by Crippen LogP contribution is 2.22. The van der Waals surface area contributed by atoms with Gasteiger partial charge in [-0.25, -0.2) is 8.42 Å². The Morgan fingerprint density at radius 2 is 1.59 bits per heavy atom. The minimum Gasteiger partial charge on any atom is -0.267 e. The van der Waals surface area contributed by atoms with Crippen LogP contribution in [0.4, 0.5) is 0 Å². The summed E-state index contributed by atoms with van der Waals surface area (Å²) in [7, 11) is -3.67. The van der Waals surface area contributed by atoms with E-state index >= 15 is 0 Å². The molecule has 1 aliphatic heterocycles. The van der Waals surface area contributed by atoms with Crippen molar-refractivity contribution in [1.29, 1.82) is 0 Å². The molecule has 0 saturated carbocycles. The number of carbonyl (C=O) groups is 2. The summed E-state index contributed by atoms with van der Waals surface area (Å²) in [6.07, 6.45) is 2.64. The lowest BCUT2D eigenvalue weighted by atomic mass is 10.2. The summed E-state index contributed by atoms with van der Waals surface area (Å²) in [6, 6.07) is 10.1. The van der Waals surface area contributed by atoms with Crippen LogP contribution in [-0.4, -0.2) is 37.6 Å². The van der Waals surface area contributed by atoms with Gasteiger partial charge in [0, 0.05) is 23.7 Å². The summed E-state index contributed by atoms with van der Waals surface area (Å²) >= 11 is 11.8. The molecule has 2 amide bonds. The van der Waals surface area contributed by atoms with Crippen LogP contribution >= 0.6 is 23.2 Å². The molecule has 0 aromatic heterocycles. The Labute approximate surface area is 179 Å². The number of benzene rings is 2. The monoisotopic (exact) mass is 455 g/mol. The van der Waals surface area contributed by atoms with Crippen LogP contribution in [-0.2, 0) is 10.0 Å². The normalized spacial score (nSPS) is 15.0. The second-order valence-electron chi connectivity index (χ2n) is 6.52. The summed E-state index contributed by atoms with van der Waals surface area (Å²) in [5.74, 6) is -1.31. The van der Waals surface area contributed by atoms with Gasteiger partial charge in [0.15, 0.2) is 0 Å². The van der Waals surface area contributed by atoms with E-state index in [2.05, 4.69) is 10.9 Å². The van der Waals surface area contributed by atoms with Gasteiger partial charge in [0.2, 0.25) is 10.0 Å². The number of piperidine rings is 1. The Bertz CT molecular complexity index is 1040. The van der Waals surface area contributed by atoms with Gasteiger partial charge < -0.3 is 0 Å². The lowest BCUT2D eigenvalue weighted by Gasteiger charge is -2.26. The minimum absolute atomic E-state index is 0.0382. The zero-order valence-corrected chi connectivity index (χ0v) is 17.6. The van der Waals surface area contributed by atoms with E-state index in [1.165, 1.54) is 46.8 Å². The fourth-order valence-electron chi connectivity index (χ4n) is 2.98. The number of sulfonamides is 1. The third-order valence-electron chi connectivity index (χ3n) is 4.51. The fraction of sp³-hybridized carbons (Fsp3) is 0.263. The Hall–Kier alpha value is -2.13. The van der Waals surface area contributed by atoms with Crippen molar-refractivity contribution < 1.29 is 18.0 Å². The predicted octanol–water partition coefficient (Wildman–Crippen LogP) is 3.24. The van der Waals surface area contributed by atoms with Gasteiger partial charge in [0.05, 0.1) is 15.5 Å². The van der Waals surface area contributed by atoms with Crippen molar-refractivity contribution in [3.63, 3.8) is 0 Å². The maximum absolute atomic E-state index is 12.8. The zero-order valence-electron chi connectivity index (χ0n) is 15.3. The number of nitrogens with one attached hydrogen (secondary N) is 2. The van der Waals surface area contributed by atoms with Crippen molar-refractivity contribution in [2.75, 3.05) is 13.1 Å². The number of rotatable bonds is 4. The van der Waals surface area contributed by atoms with E-state index in [-0.39, 0.29) is 21.0 Å². The van der Waals surface area contributed by atoms with Gasteiger partial charge in [0.1, 0.15) is 0 Å². The number of hydrazine groups is 1. The van der Waals surface area contributed by atoms with Crippen molar-refractivity contribution in [3.05, 3.63) is 63.6 Å². The number of hydrogen-bond donors (Lipinski definition) is 2. The molecule has 0 spiro atoms. The second-order valence-corrected chi connectivity index (χ2v) is 9.31. The van der Waals surface area contributed by atoms with Crippen LogP contribution in [0.1, 0.15) is 40.0 Å². The van der Waals surface area contributed by atoms with Gasteiger partial charge in [-0.2, -0.15) is 4.31 Å². The first-order valence-corrected chi connectivity index (χ1v) is 11.1. The van der Waals surface area contributed by atoms with Crippen LogP contribution in [0.15, 0.2) is 47.4 Å². The Morgan fingerprint density at radius 3 is 2.31 bits per heavy atom. The highest BCUT2D eigenvalue weighted by atomic mass is 35.5. The standard InChI is InChI=1S/C19H19Cl2N3O4S/c20-14-7-8-17(21)16(12-14)19(26)23-22-18(25)13-5-4-6-15(11-13)29(27,28)24-9-2-1-3-10-24/h4-8,11-12H,1-3,9-10H2,(H,22,25)(H,23,26). The van der Waals surface area contributed by atoms with E-state index in [4.69, 9.17) is 23.2 Å². The third-order valence-corrected chi connectivity index (χ3v) is 6.97. The van der Waals surface area contributed by atoms with Crippen LogP contribution in [0.5, 0.6) is 0 Å². The minimum atomic E-state index is -3.67. The Balaban J connectivity index is 1.71. The first-order valence-electron chi connectivity index (χ1n) is 8.95. The molecule has 1 heterocycles. The summed E-state index contributed by atoms with van der Waals surface area (Å²) in [6.45, 7) is 0.935.